The molecule has 1 N–H and O–H groups in total. The minimum absolute atomic E-state index is 0.0292. The van der Waals surface area contributed by atoms with Gasteiger partial charge in [0.05, 0.1) is 19.9 Å². The highest BCUT2D eigenvalue weighted by Gasteiger charge is 2.15. The Labute approximate surface area is 148 Å². The smallest absolute Gasteiger partial charge is 0.223 e. The van der Waals surface area contributed by atoms with E-state index in [2.05, 4.69) is 10.5 Å². The molecular weight excluding hydrogens is 320 g/mol. The van der Waals surface area contributed by atoms with Crippen LogP contribution in [0.3, 0.4) is 0 Å². The molecule has 6 nitrogen and oxygen atoms in total. The lowest BCUT2D eigenvalue weighted by molar-refractivity contribution is -0.124. The number of hydrogen-bond donors (Lipinski definition) is 1. The van der Waals surface area contributed by atoms with Gasteiger partial charge >= 0.3 is 0 Å². The van der Waals surface area contributed by atoms with Gasteiger partial charge in [-0.2, -0.15) is 0 Å². The number of hydrogen-bond acceptors (Lipinski definition) is 5. The normalized spacial score (nSPS) is 11.9. The fourth-order valence-corrected chi connectivity index (χ4v) is 2.80. The second-order valence-electron chi connectivity index (χ2n) is 6.14. The molecule has 1 amide bonds. The van der Waals surface area contributed by atoms with Crippen molar-refractivity contribution in [2.45, 2.75) is 33.6 Å². The molecule has 1 aromatic carbocycles. The fraction of sp³-hybridized carbons (Fsp3) is 0.474. The highest BCUT2D eigenvalue weighted by molar-refractivity contribution is 5.78. The van der Waals surface area contributed by atoms with Gasteiger partial charge in [0, 0.05) is 18.0 Å². The average Bonchev–Trinajstić information content (AvgIpc) is 2.93. The van der Waals surface area contributed by atoms with E-state index in [1.807, 2.05) is 39.0 Å². The number of benzene rings is 1. The van der Waals surface area contributed by atoms with Gasteiger partial charge < -0.3 is 19.3 Å². The molecule has 2 rings (SSSR count). The Hall–Kier alpha value is -2.50. The van der Waals surface area contributed by atoms with E-state index in [0.717, 1.165) is 29.0 Å². The number of nitrogens with zero attached hydrogens (tertiary/aromatic N) is 1. The summed E-state index contributed by atoms with van der Waals surface area (Å²) in [7, 11) is 3.21. The molecule has 1 heterocycles. The Kier molecular flexibility index (Phi) is 6.44. The number of carbonyl (C=O) groups excluding carboxylic acids is 1. The SMILES string of the molecule is COc1ccc(CC(C)C(=O)NCCc2c(C)noc2C)cc1OC. The van der Waals surface area contributed by atoms with Gasteiger partial charge in [-0.3, -0.25) is 4.79 Å². The monoisotopic (exact) mass is 346 g/mol. The van der Waals surface area contributed by atoms with Crippen LogP contribution in [0.5, 0.6) is 11.5 Å². The maximum Gasteiger partial charge on any atom is 0.223 e. The summed E-state index contributed by atoms with van der Waals surface area (Å²) < 4.78 is 15.7. The molecule has 0 radical (unpaired) electrons. The van der Waals surface area contributed by atoms with Gasteiger partial charge in [-0.15, -0.1) is 0 Å². The van der Waals surface area contributed by atoms with E-state index in [1.165, 1.54) is 0 Å². The first-order chi connectivity index (χ1) is 12.0. The van der Waals surface area contributed by atoms with Crippen LogP contribution >= 0.6 is 0 Å². The van der Waals surface area contributed by atoms with E-state index in [-0.39, 0.29) is 11.8 Å². The predicted molar refractivity (Wildman–Crippen MR) is 95.1 cm³/mol. The van der Waals surface area contributed by atoms with Crippen molar-refractivity contribution in [2.75, 3.05) is 20.8 Å². The third-order valence-electron chi connectivity index (χ3n) is 4.29. The zero-order valence-electron chi connectivity index (χ0n) is 15.5. The number of ether oxygens (including phenoxy) is 2. The van der Waals surface area contributed by atoms with Gasteiger partial charge in [-0.05, 0) is 44.4 Å². The molecule has 6 heteroatoms. The second-order valence-corrected chi connectivity index (χ2v) is 6.14. The molecule has 136 valence electrons. The Morgan fingerprint density at radius 3 is 2.56 bits per heavy atom. The van der Waals surface area contributed by atoms with E-state index in [9.17, 15) is 4.79 Å². The summed E-state index contributed by atoms with van der Waals surface area (Å²) in [6.07, 6.45) is 1.35. The van der Waals surface area contributed by atoms with E-state index in [0.29, 0.717) is 24.5 Å². The van der Waals surface area contributed by atoms with Gasteiger partial charge in [0.2, 0.25) is 5.91 Å². The maximum atomic E-state index is 12.3. The Balaban J connectivity index is 1.88. The Morgan fingerprint density at radius 2 is 1.96 bits per heavy atom. The third-order valence-corrected chi connectivity index (χ3v) is 4.29. The van der Waals surface area contributed by atoms with Gasteiger partial charge in [-0.1, -0.05) is 18.1 Å². The molecule has 25 heavy (non-hydrogen) atoms. The maximum absolute atomic E-state index is 12.3. The van der Waals surface area contributed by atoms with Gasteiger partial charge in [0.1, 0.15) is 5.76 Å². The zero-order valence-corrected chi connectivity index (χ0v) is 15.5. The number of aryl methyl sites for hydroxylation is 2. The van der Waals surface area contributed by atoms with E-state index >= 15 is 0 Å². The average molecular weight is 346 g/mol. The van der Waals surface area contributed by atoms with Crippen LogP contribution in [0.4, 0.5) is 0 Å². The topological polar surface area (TPSA) is 73.6 Å². The summed E-state index contributed by atoms with van der Waals surface area (Å²) in [4.78, 5) is 12.3. The molecule has 0 bridgehead atoms. The van der Waals surface area contributed by atoms with Crippen LogP contribution < -0.4 is 14.8 Å². The predicted octanol–water partition coefficient (Wildman–Crippen LogP) is 2.85. The molecule has 0 aliphatic heterocycles. The molecule has 0 aliphatic rings. The van der Waals surface area contributed by atoms with Gasteiger partial charge in [0.25, 0.3) is 0 Å². The first-order valence-corrected chi connectivity index (χ1v) is 8.36. The Morgan fingerprint density at radius 1 is 1.24 bits per heavy atom. The first kappa shape index (κ1) is 18.8. The van der Waals surface area contributed by atoms with E-state index in [1.54, 1.807) is 14.2 Å². The molecule has 1 atom stereocenters. The second kappa shape index (κ2) is 8.55. The summed E-state index contributed by atoms with van der Waals surface area (Å²) in [5, 5.41) is 6.91. The Bertz CT molecular complexity index is 705. The summed E-state index contributed by atoms with van der Waals surface area (Å²) >= 11 is 0. The molecule has 0 fully saturated rings. The lowest BCUT2D eigenvalue weighted by Crippen LogP contribution is -2.32. The number of aromatic nitrogens is 1. The molecular formula is C19H26N2O4. The lowest BCUT2D eigenvalue weighted by atomic mass is 10.00. The minimum atomic E-state index is -0.136. The molecule has 0 saturated heterocycles. The largest absolute Gasteiger partial charge is 0.493 e. The van der Waals surface area contributed by atoms with Crippen molar-refractivity contribution in [3.8, 4) is 11.5 Å². The van der Waals surface area contributed by atoms with Crippen LogP contribution in [0.2, 0.25) is 0 Å². The molecule has 2 aromatic rings. The van der Waals surface area contributed by atoms with Crippen molar-refractivity contribution in [1.29, 1.82) is 0 Å². The third kappa shape index (κ3) is 4.75. The molecule has 0 saturated carbocycles. The molecule has 1 unspecified atom stereocenters. The van der Waals surface area contributed by atoms with Crippen molar-refractivity contribution in [2.24, 2.45) is 5.92 Å². The summed E-state index contributed by atoms with van der Waals surface area (Å²) in [5.74, 6) is 2.06. The summed E-state index contributed by atoms with van der Waals surface area (Å²) in [6.45, 7) is 6.28. The number of amides is 1. The standard InChI is InChI=1S/C19H26N2O4/c1-12(10-15-6-7-17(23-4)18(11-15)24-5)19(22)20-9-8-16-13(2)21-25-14(16)3/h6-7,11-12H,8-10H2,1-5H3,(H,20,22). The quantitative estimate of drug-likeness (QED) is 0.796. The van der Waals surface area contributed by atoms with Crippen LogP contribution in [0.25, 0.3) is 0 Å². The molecule has 0 spiro atoms. The van der Waals surface area contributed by atoms with Crippen LogP contribution in [0.15, 0.2) is 22.7 Å². The minimum Gasteiger partial charge on any atom is -0.493 e. The summed E-state index contributed by atoms with van der Waals surface area (Å²) in [5.41, 5.74) is 2.98. The summed E-state index contributed by atoms with van der Waals surface area (Å²) in [6, 6.07) is 5.72. The molecule has 1 aromatic heterocycles. The number of nitrogens with one attached hydrogen (secondary N) is 1. The van der Waals surface area contributed by atoms with E-state index < -0.39 is 0 Å². The number of rotatable bonds is 8. The lowest BCUT2D eigenvalue weighted by Gasteiger charge is -2.14. The van der Waals surface area contributed by atoms with Crippen molar-refractivity contribution in [3.63, 3.8) is 0 Å². The van der Waals surface area contributed by atoms with Crippen LogP contribution in [0, 0.1) is 19.8 Å². The number of carbonyl (C=O) groups is 1. The zero-order chi connectivity index (χ0) is 18.4. The van der Waals surface area contributed by atoms with Crippen molar-refractivity contribution >= 4 is 5.91 Å². The van der Waals surface area contributed by atoms with E-state index in [4.69, 9.17) is 14.0 Å². The van der Waals surface area contributed by atoms with Crippen molar-refractivity contribution < 1.29 is 18.8 Å². The van der Waals surface area contributed by atoms with Crippen LogP contribution in [-0.2, 0) is 17.6 Å². The fourth-order valence-electron chi connectivity index (χ4n) is 2.80. The van der Waals surface area contributed by atoms with Crippen molar-refractivity contribution in [3.05, 3.63) is 40.8 Å². The van der Waals surface area contributed by atoms with Crippen molar-refractivity contribution in [1.82, 2.24) is 10.5 Å². The highest BCUT2D eigenvalue weighted by atomic mass is 16.5. The molecule has 0 aliphatic carbocycles. The van der Waals surface area contributed by atoms with Crippen LogP contribution in [0.1, 0.15) is 29.5 Å². The van der Waals surface area contributed by atoms with Gasteiger partial charge in [0.15, 0.2) is 11.5 Å². The first-order valence-electron chi connectivity index (χ1n) is 8.36. The van der Waals surface area contributed by atoms with Crippen LogP contribution in [-0.4, -0.2) is 31.8 Å². The highest BCUT2D eigenvalue weighted by Crippen LogP contribution is 2.28. The number of methoxy groups -OCH3 is 2. The van der Waals surface area contributed by atoms with Gasteiger partial charge in [-0.25, -0.2) is 0 Å².